The quantitative estimate of drug-likeness (QED) is 0.853. The lowest BCUT2D eigenvalue weighted by Crippen LogP contribution is -2.43. The van der Waals surface area contributed by atoms with E-state index in [0.717, 1.165) is 50.7 Å². The zero-order valence-corrected chi connectivity index (χ0v) is 12.4. The van der Waals surface area contributed by atoms with Crippen LogP contribution in [-0.4, -0.2) is 41.2 Å². The standard InChI is InChI=1S/C14H26N4O/c1-4-18(5-2)11-8-12-16-13(19-17-12)14(3)9-6-7-10-15-14/h15H,4-11H2,1-3H3. The molecule has 1 unspecified atom stereocenters. The van der Waals surface area contributed by atoms with E-state index in [-0.39, 0.29) is 5.54 Å². The lowest BCUT2D eigenvalue weighted by Gasteiger charge is -2.31. The minimum Gasteiger partial charge on any atom is -0.337 e. The van der Waals surface area contributed by atoms with Crippen molar-refractivity contribution in [1.82, 2.24) is 20.4 Å². The second kappa shape index (κ2) is 6.48. The summed E-state index contributed by atoms with van der Waals surface area (Å²) in [4.78, 5) is 6.95. The predicted molar refractivity (Wildman–Crippen MR) is 75.0 cm³/mol. The third kappa shape index (κ3) is 3.54. The molecule has 0 spiro atoms. The topological polar surface area (TPSA) is 54.2 Å². The highest BCUT2D eigenvalue weighted by atomic mass is 16.5. The van der Waals surface area contributed by atoms with Gasteiger partial charge in [-0.3, -0.25) is 0 Å². The smallest absolute Gasteiger partial charge is 0.246 e. The molecule has 1 N–H and O–H groups in total. The van der Waals surface area contributed by atoms with Crippen LogP contribution in [0.5, 0.6) is 0 Å². The predicted octanol–water partition coefficient (Wildman–Crippen LogP) is 1.94. The molecule has 1 fully saturated rings. The number of nitrogens with one attached hydrogen (secondary N) is 1. The van der Waals surface area contributed by atoms with E-state index < -0.39 is 0 Å². The van der Waals surface area contributed by atoms with E-state index in [1.54, 1.807) is 0 Å². The van der Waals surface area contributed by atoms with Crippen molar-refractivity contribution in [3.63, 3.8) is 0 Å². The zero-order chi connectivity index (χ0) is 13.7. The summed E-state index contributed by atoms with van der Waals surface area (Å²) in [6.45, 7) is 10.7. The van der Waals surface area contributed by atoms with E-state index in [1.807, 2.05) is 0 Å². The molecule has 1 saturated heterocycles. The van der Waals surface area contributed by atoms with E-state index in [2.05, 4.69) is 41.1 Å². The van der Waals surface area contributed by atoms with Gasteiger partial charge in [0, 0.05) is 13.0 Å². The van der Waals surface area contributed by atoms with Crippen molar-refractivity contribution in [1.29, 1.82) is 0 Å². The van der Waals surface area contributed by atoms with Crippen LogP contribution in [0.25, 0.3) is 0 Å². The van der Waals surface area contributed by atoms with E-state index in [4.69, 9.17) is 4.52 Å². The van der Waals surface area contributed by atoms with E-state index in [9.17, 15) is 0 Å². The maximum absolute atomic E-state index is 5.46. The minimum atomic E-state index is -0.126. The molecule has 0 bridgehead atoms. The minimum absolute atomic E-state index is 0.126. The highest BCUT2D eigenvalue weighted by Gasteiger charge is 2.33. The van der Waals surface area contributed by atoms with Crippen molar-refractivity contribution in [2.75, 3.05) is 26.2 Å². The summed E-state index contributed by atoms with van der Waals surface area (Å²) in [6.07, 6.45) is 4.39. The molecule has 0 amide bonds. The second-order valence-corrected chi connectivity index (χ2v) is 5.51. The van der Waals surface area contributed by atoms with Gasteiger partial charge in [-0.15, -0.1) is 0 Å². The lowest BCUT2D eigenvalue weighted by atomic mass is 9.91. The number of hydrogen-bond acceptors (Lipinski definition) is 5. The molecule has 1 aromatic rings. The Labute approximate surface area is 115 Å². The van der Waals surface area contributed by atoms with Crippen molar-refractivity contribution in [2.24, 2.45) is 0 Å². The van der Waals surface area contributed by atoms with Crippen LogP contribution in [0, 0.1) is 0 Å². The summed E-state index contributed by atoms with van der Waals surface area (Å²) < 4.78 is 5.46. The van der Waals surface area contributed by atoms with Crippen LogP contribution in [0.15, 0.2) is 4.52 Å². The van der Waals surface area contributed by atoms with Crippen molar-refractivity contribution in [3.05, 3.63) is 11.7 Å². The highest BCUT2D eigenvalue weighted by Crippen LogP contribution is 2.28. The monoisotopic (exact) mass is 266 g/mol. The first-order valence-corrected chi connectivity index (χ1v) is 7.48. The SMILES string of the molecule is CCN(CC)CCc1noc(C2(C)CCCCN2)n1. The van der Waals surface area contributed by atoms with Gasteiger partial charge in [0.25, 0.3) is 0 Å². The Hall–Kier alpha value is -0.940. The molecule has 1 aliphatic heterocycles. The average molecular weight is 266 g/mol. The molecule has 0 saturated carbocycles. The summed E-state index contributed by atoms with van der Waals surface area (Å²) in [5.41, 5.74) is -0.126. The van der Waals surface area contributed by atoms with Gasteiger partial charge >= 0.3 is 0 Å². The van der Waals surface area contributed by atoms with E-state index in [0.29, 0.717) is 0 Å². The van der Waals surface area contributed by atoms with Crippen molar-refractivity contribution < 1.29 is 4.52 Å². The van der Waals surface area contributed by atoms with Crippen LogP contribution in [-0.2, 0) is 12.0 Å². The molecule has 5 heteroatoms. The summed E-state index contributed by atoms with van der Waals surface area (Å²) >= 11 is 0. The number of piperidine rings is 1. The first kappa shape index (κ1) is 14.5. The Bertz CT molecular complexity index is 381. The molecule has 108 valence electrons. The van der Waals surface area contributed by atoms with Gasteiger partial charge < -0.3 is 14.7 Å². The van der Waals surface area contributed by atoms with Gasteiger partial charge in [-0.1, -0.05) is 19.0 Å². The third-order valence-electron chi connectivity index (χ3n) is 4.10. The van der Waals surface area contributed by atoms with Crippen LogP contribution in [0.2, 0.25) is 0 Å². The summed E-state index contributed by atoms with van der Waals surface area (Å²) in [5, 5.41) is 7.63. The van der Waals surface area contributed by atoms with Gasteiger partial charge in [0.1, 0.15) is 0 Å². The van der Waals surface area contributed by atoms with Crippen LogP contribution < -0.4 is 5.32 Å². The lowest BCUT2D eigenvalue weighted by molar-refractivity contribution is 0.206. The molecule has 5 nitrogen and oxygen atoms in total. The number of likely N-dealkylation sites (N-methyl/N-ethyl adjacent to an activating group) is 1. The fraction of sp³-hybridized carbons (Fsp3) is 0.857. The fourth-order valence-corrected chi connectivity index (χ4v) is 2.62. The molecule has 0 radical (unpaired) electrons. The molecule has 0 aliphatic carbocycles. The molecule has 1 aromatic heterocycles. The average Bonchev–Trinajstić information content (AvgIpc) is 2.90. The Kier molecular flexibility index (Phi) is 4.93. The third-order valence-corrected chi connectivity index (χ3v) is 4.10. The molecule has 2 heterocycles. The maximum Gasteiger partial charge on any atom is 0.246 e. The van der Waals surface area contributed by atoms with Crippen molar-refractivity contribution in [2.45, 2.75) is 52.0 Å². The van der Waals surface area contributed by atoms with E-state index in [1.165, 1.54) is 12.8 Å². The summed E-state index contributed by atoms with van der Waals surface area (Å²) in [5.74, 6) is 1.58. The van der Waals surface area contributed by atoms with E-state index >= 15 is 0 Å². The molecule has 19 heavy (non-hydrogen) atoms. The van der Waals surface area contributed by atoms with Gasteiger partial charge in [-0.25, -0.2) is 0 Å². The van der Waals surface area contributed by atoms with Gasteiger partial charge in [0.2, 0.25) is 5.89 Å². The molecule has 1 atom stereocenters. The number of nitrogens with zero attached hydrogens (tertiary/aromatic N) is 3. The number of hydrogen-bond donors (Lipinski definition) is 1. The molecular formula is C14H26N4O. The van der Waals surface area contributed by atoms with Gasteiger partial charge in [0.15, 0.2) is 5.82 Å². The summed E-state index contributed by atoms with van der Waals surface area (Å²) in [7, 11) is 0. The Morgan fingerprint density at radius 2 is 2.11 bits per heavy atom. The normalized spacial score (nSPS) is 24.0. The Balaban J connectivity index is 1.94. The number of aromatic nitrogens is 2. The Morgan fingerprint density at radius 1 is 1.32 bits per heavy atom. The number of rotatable bonds is 6. The zero-order valence-electron chi connectivity index (χ0n) is 12.4. The molecular weight excluding hydrogens is 240 g/mol. The van der Waals surface area contributed by atoms with Crippen LogP contribution in [0.4, 0.5) is 0 Å². The Morgan fingerprint density at radius 3 is 2.74 bits per heavy atom. The molecule has 1 aliphatic rings. The van der Waals surface area contributed by atoms with Crippen molar-refractivity contribution in [3.8, 4) is 0 Å². The maximum atomic E-state index is 5.46. The van der Waals surface area contributed by atoms with Crippen molar-refractivity contribution >= 4 is 0 Å². The first-order chi connectivity index (χ1) is 9.18. The molecule has 0 aromatic carbocycles. The fourth-order valence-electron chi connectivity index (χ4n) is 2.62. The second-order valence-electron chi connectivity index (χ2n) is 5.51. The van der Waals surface area contributed by atoms with Gasteiger partial charge in [-0.05, 0) is 45.8 Å². The highest BCUT2D eigenvalue weighted by molar-refractivity contribution is 5.03. The first-order valence-electron chi connectivity index (χ1n) is 7.48. The largest absolute Gasteiger partial charge is 0.337 e. The van der Waals surface area contributed by atoms with Crippen LogP contribution >= 0.6 is 0 Å². The van der Waals surface area contributed by atoms with Gasteiger partial charge in [0.05, 0.1) is 5.54 Å². The van der Waals surface area contributed by atoms with Crippen LogP contribution in [0.3, 0.4) is 0 Å². The van der Waals surface area contributed by atoms with Gasteiger partial charge in [-0.2, -0.15) is 4.98 Å². The molecule has 2 rings (SSSR count). The summed E-state index contributed by atoms with van der Waals surface area (Å²) in [6, 6.07) is 0. The van der Waals surface area contributed by atoms with Crippen LogP contribution in [0.1, 0.15) is 51.7 Å².